The Morgan fingerprint density at radius 3 is 2.26 bits per heavy atom. The molecular formula is C15H19F3N2O3. The molecule has 0 aromatic heterocycles. The molecule has 8 heteroatoms. The van der Waals surface area contributed by atoms with Crippen molar-refractivity contribution in [2.75, 3.05) is 11.9 Å². The number of benzene rings is 1. The van der Waals surface area contributed by atoms with Crippen LogP contribution in [0.1, 0.15) is 25.8 Å². The van der Waals surface area contributed by atoms with Crippen molar-refractivity contribution >= 4 is 17.6 Å². The molecule has 0 aliphatic rings. The molecule has 0 aliphatic heterocycles. The Labute approximate surface area is 132 Å². The number of amides is 1. The molecule has 1 rings (SSSR count). The summed E-state index contributed by atoms with van der Waals surface area (Å²) >= 11 is 0. The van der Waals surface area contributed by atoms with E-state index in [0.29, 0.717) is 5.56 Å². The minimum Gasteiger partial charge on any atom is -0.463 e. The molecule has 1 aromatic rings. The van der Waals surface area contributed by atoms with E-state index in [-0.39, 0.29) is 18.7 Å². The van der Waals surface area contributed by atoms with Crippen LogP contribution >= 0.6 is 0 Å². The number of alkyl halides is 3. The van der Waals surface area contributed by atoms with Crippen molar-refractivity contribution in [3.8, 4) is 0 Å². The zero-order chi connectivity index (χ0) is 17.7. The van der Waals surface area contributed by atoms with E-state index < -0.39 is 23.7 Å². The molecule has 2 N–H and O–H groups in total. The minimum atomic E-state index is -5.10. The van der Waals surface area contributed by atoms with Crippen LogP contribution in [0.3, 0.4) is 0 Å². The van der Waals surface area contributed by atoms with Crippen molar-refractivity contribution in [1.29, 1.82) is 0 Å². The van der Waals surface area contributed by atoms with Gasteiger partial charge in [0, 0.05) is 12.1 Å². The number of anilines is 1. The van der Waals surface area contributed by atoms with E-state index in [1.54, 1.807) is 24.4 Å². The number of carbonyl (C=O) groups is 2. The molecule has 0 saturated carbocycles. The standard InChI is InChI=1S/C15H19F3N2O3/c1-4-12(21)20-14(15(16,17)18,13(22)23-5-2)19-11-9-7-6-8-10(11)3/h6-9,19H,4-5H2,1-3H3,(H,20,21)/t14-/m0/s1. The summed E-state index contributed by atoms with van der Waals surface area (Å²) in [6, 6.07) is 6.12. The summed E-state index contributed by atoms with van der Waals surface area (Å²) in [4.78, 5) is 23.7. The maximum atomic E-state index is 13.7. The Morgan fingerprint density at radius 2 is 1.78 bits per heavy atom. The average molecular weight is 332 g/mol. The lowest BCUT2D eigenvalue weighted by atomic mass is 10.1. The molecule has 0 bridgehead atoms. The number of hydrogen-bond acceptors (Lipinski definition) is 4. The van der Waals surface area contributed by atoms with Crippen molar-refractivity contribution in [2.45, 2.75) is 39.0 Å². The average Bonchev–Trinajstić information content (AvgIpc) is 2.47. The molecule has 128 valence electrons. The smallest absolute Gasteiger partial charge is 0.441 e. The lowest BCUT2D eigenvalue weighted by molar-refractivity contribution is -0.207. The van der Waals surface area contributed by atoms with E-state index in [9.17, 15) is 22.8 Å². The van der Waals surface area contributed by atoms with Gasteiger partial charge in [0.15, 0.2) is 0 Å². The van der Waals surface area contributed by atoms with Gasteiger partial charge in [-0.1, -0.05) is 25.1 Å². The van der Waals surface area contributed by atoms with E-state index in [1.165, 1.54) is 26.0 Å². The first kappa shape index (κ1) is 18.8. The molecule has 0 fully saturated rings. The van der Waals surface area contributed by atoms with Crippen LogP contribution in [-0.2, 0) is 14.3 Å². The Balaban J connectivity index is 3.39. The van der Waals surface area contributed by atoms with Gasteiger partial charge in [0.05, 0.1) is 6.61 Å². The van der Waals surface area contributed by atoms with Crippen LogP contribution in [0.4, 0.5) is 18.9 Å². The Bertz CT molecular complexity index is 575. The number of rotatable bonds is 6. The molecule has 0 heterocycles. The third kappa shape index (κ3) is 4.14. The monoisotopic (exact) mass is 332 g/mol. The van der Waals surface area contributed by atoms with Crippen LogP contribution in [0.15, 0.2) is 24.3 Å². The van der Waals surface area contributed by atoms with E-state index in [1.807, 2.05) is 0 Å². The van der Waals surface area contributed by atoms with Gasteiger partial charge in [-0.25, -0.2) is 4.79 Å². The summed E-state index contributed by atoms with van der Waals surface area (Å²) < 4.78 is 45.6. The highest BCUT2D eigenvalue weighted by Crippen LogP contribution is 2.34. The maximum absolute atomic E-state index is 13.7. The molecule has 23 heavy (non-hydrogen) atoms. The summed E-state index contributed by atoms with van der Waals surface area (Å²) in [5.41, 5.74) is -2.80. The van der Waals surface area contributed by atoms with E-state index in [0.717, 1.165) is 0 Å². The van der Waals surface area contributed by atoms with Crippen LogP contribution in [0.5, 0.6) is 0 Å². The number of nitrogens with one attached hydrogen (secondary N) is 2. The molecule has 1 aromatic carbocycles. The number of aryl methyl sites for hydroxylation is 1. The Morgan fingerprint density at radius 1 is 1.17 bits per heavy atom. The molecule has 1 amide bonds. The largest absolute Gasteiger partial charge is 0.463 e. The van der Waals surface area contributed by atoms with Crippen molar-refractivity contribution in [2.24, 2.45) is 0 Å². The fourth-order valence-electron chi connectivity index (χ4n) is 1.84. The van der Waals surface area contributed by atoms with Crippen molar-refractivity contribution in [3.63, 3.8) is 0 Å². The molecule has 0 aliphatic carbocycles. The highest BCUT2D eigenvalue weighted by molar-refractivity contribution is 5.91. The number of halogens is 3. The van der Waals surface area contributed by atoms with Gasteiger partial charge >= 0.3 is 17.8 Å². The second-order valence-corrected chi connectivity index (χ2v) is 4.81. The summed E-state index contributed by atoms with van der Waals surface area (Å²) in [6.07, 6.45) is -5.32. The van der Waals surface area contributed by atoms with Gasteiger partial charge in [0.1, 0.15) is 0 Å². The highest BCUT2D eigenvalue weighted by Gasteiger charge is 2.63. The quantitative estimate of drug-likeness (QED) is 0.621. The van der Waals surface area contributed by atoms with Gasteiger partial charge in [-0.05, 0) is 25.5 Å². The number of para-hydroxylation sites is 1. The van der Waals surface area contributed by atoms with Crippen molar-refractivity contribution in [3.05, 3.63) is 29.8 Å². The van der Waals surface area contributed by atoms with Crippen molar-refractivity contribution < 1.29 is 27.5 Å². The molecule has 0 unspecified atom stereocenters. The molecule has 1 atom stereocenters. The van der Waals surface area contributed by atoms with E-state index in [2.05, 4.69) is 10.1 Å². The topological polar surface area (TPSA) is 67.4 Å². The lowest BCUT2D eigenvalue weighted by Crippen LogP contribution is -2.69. The lowest BCUT2D eigenvalue weighted by Gasteiger charge is -2.35. The second kappa shape index (κ2) is 7.34. The van der Waals surface area contributed by atoms with Crippen LogP contribution in [-0.4, -0.2) is 30.3 Å². The third-order valence-electron chi connectivity index (χ3n) is 3.12. The molecule has 0 spiro atoms. The zero-order valence-electron chi connectivity index (χ0n) is 13.1. The van der Waals surface area contributed by atoms with Crippen LogP contribution in [0.2, 0.25) is 0 Å². The van der Waals surface area contributed by atoms with Gasteiger partial charge in [0.2, 0.25) is 5.91 Å². The van der Waals surface area contributed by atoms with E-state index in [4.69, 9.17) is 0 Å². The first-order valence-corrected chi connectivity index (χ1v) is 7.06. The molecule has 0 radical (unpaired) electrons. The highest BCUT2D eigenvalue weighted by atomic mass is 19.4. The van der Waals surface area contributed by atoms with Gasteiger partial charge < -0.3 is 15.4 Å². The first-order chi connectivity index (χ1) is 10.7. The normalized spacial score (nSPS) is 13.8. The van der Waals surface area contributed by atoms with Gasteiger partial charge in [-0.2, -0.15) is 13.2 Å². The summed E-state index contributed by atoms with van der Waals surface area (Å²) in [5.74, 6) is -2.55. The van der Waals surface area contributed by atoms with Crippen LogP contribution in [0.25, 0.3) is 0 Å². The number of carbonyl (C=O) groups excluding carboxylic acids is 2. The van der Waals surface area contributed by atoms with Gasteiger partial charge in [-0.15, -0.1) is 0 Å². The fourth-order valence-corrected chi connectivity index (χ4v) is 1.84. The number of hydrogen-bond donors (Lipinski definition) is 2. The predicted molar refractivity (Wildman–Crippen MR) is 78.7 cm³/mol. The number of esters is 1. The fraction of sp³-hybridized carbons (Fsp3) is 0.467. The minimum absolute atomic E-state index is 0.0641. The molecular weight excluding hydrogens is 313 g/mol. The third-order valence-corrected chi connectivity index (χ3v) is 3.12. The summed E-state index contributed by atoms with van der Waals surface area (Å²) in [6.45, 7) is 4.09. The zero-order valence-corrected chi connectivity index (χ0v) is 13.1. The summed E-state index contributed by atoms with van der Waals surface area (Å²) in [7, 11) is 0. The Kier molecular flexibility index (Phi) is 6.00. The van der Waals surface area contributed by atoms with Gasteiger partial charge in [0.25, 0.3) is 0 Å². The van der Waals surface area contributed by atoms with Crippen molar-refractivity contribution in [1.82, 2.24) is 5.32 Å². The van der Waals surface area contributed by atoms with E-state index >= 15 is 0 Å². The molecule has 5 nitrogen and oxygen atoms in total. The summed E-state index contributed by atoms with van der Waals surface area (Å²) in [5, 5.41) is 3.85. The van der Waals surface area contributed by atoms with Crippen LogP contribution in [0, 0.1) is 6.92 Å². The van der Waals surface area contributed by atoms with Crippen LogP contribution < -0.4 is 10.6 Å². The Hall–Kier alpha value is -2.25. The SMILES string of the molecule is CCOC(=O)[C@@](NC(=O)CC)(Nc1ccccc1C)C(F)(F)F. The molecule has 0 saturated heterocycles. The first-order valence-electron chi connectivity index (χ1n) is 7.06. The maximum Gasteiger partial charge on any atom is 0.441 e. The number of ether oxygens (including phenoxy) is 1. The second-order valence-electron chi connectivity index (χ2n) is 4.81. The van der Waals surface area contributed by atoms with Gasteiger partial charge in [-0.3, -0.25) is 4.79 Å². The predicted octanol–water partition coefficient (Wildman–Crippen LogP) is 2.75.